The van der Waals surface area contributed by atoms with Crippen molar-refractivity contribution in [2.24, 2.45) is 0 Å². The average Bonchev–Trinajstić information content (AvgIpc) is 3.39. The third-order valence-corrected chi connectivity index (χ3v) is 5.73. The van der Waals surface area contributed by atoms with E-state index in [9.17, 15) is 4.79 Å². The van der Waals surface area contributed by atoms with E-state index < -0.39 is 5.97 Å². The maximum Gasteiger partial charge on any atom is 0.307 e. The number of rotatable bonds is 9. The number of carboxylic acids is 1. The Hall–Kier alpha value is -3.36. The van der Waals surface area contributed by atoms with E-state index in [0.29, 0.717) is 29.6 Å². The normalized spacial score (nSPS) is 11.0. The summed E-state index contributed by atoms with van der Waals surface area (Å²) in [5.74, 6) is 0.878. The van der Waals surface area contributed by atoms with Gasteiger partial charge in [-0.15, -0.1) is 11.3 Å². The fraction of sp³-hybridized carbons (Fsp3) is 0.217. The first kappa shape index (κ1) is 20.9. The monoisotopic (exact) mass is 439 g/mol. The molecule has 0 fully saturated rings. The minimum absolute atomic E-state index is 0.0311. The van der Waals surface area contributed by atoms with Gasteiger partial charge in [-0.25, -0.2) is 0 Å². The topological polar surface area (TPSA) is 91.0 Å². The van der Waals surface area contributed by atoms with Crippen molar-refractivity contribution in [2.75, 3.05) is 14.2 Å². The van der Waals surface area contributed by atoms with Crippen molar-refractivity contribution in [1.82, 2.24) is 5.16 Å². The number of fused-ring (bicyclic) bond motifs is 1. The van der Waals surface area contributed by atoms with Crippen molar-refractivity contribution < 1.29 is 28.6 Å². The molecule has 4 rings (SSSR count). The van der Waals surface area contributed by atoms with Crippen LogP contribution in [-0.4, -0.2) is 30.5 Å². The van der Waals surface area contributed by atoms with Gasteiger partial charge in [0.25, 0.3) is 0 Å². The molecule has 0 spiro atoms. The van der Waals surface area contributed by atoms with Gasteiger partial charge in [0.15, 0.2) is 17.3 Å². The first-order chi connectivity index (χ1) is 15.1. The molecule has 0 aliphatic rings. The van der Waals surface area contributed by atoms with Gasteiger partial charge in [-0.3, -0.25) is 4.79 Å². The molecule has 0 aliphatic carbocycles. The predicted molar refractivity (Wildman–Crippen MR) is 117 cm³/mol. The second-order valence-electron chi connectivity index (χ2n) is 6.94. The van der Waals surface area contributed by atoms with Crippen LogP contribution >= 0.6 is 11.3 Å². The second-order valence-corrected chi connectivity index (χ2v) is 7.85. The molecule has 0 saturated heterocycles. The molecule has 4 aromatic rings. The summed E-state index contributed by atoms with van der Waals surface area (Å²) >= 11 is 1.47. The lowest BCUT2D eigenvalue weighted by Crippen LogP contribution is -2.00. The van der Waals surface area contributed by atoms with E-state index in [-0.39, 0.29) is 13.0 Å². The molecule has 0 radical (unpaired) electrons. The first-order valence-corrected chi connectivity index (χ1v) is 10.4. The molecular formula is C23H21NO6S. The Balaban J connectivity index is 1.52. The largest absolute Gasteiger partial charge is 0.493 e. The highest BCUT2D eigenvalue weighted by Gasteiger charge is 2.15. The molecule has 0 atom stereocenters. The molecule has 0 unspecified atom stereocenters. The highest BCUT2D eigenvalue weighted by Crippen LogP contribution is 2.37. The number of ether oxygens (including phenoxy) is 3. The number of hydrogen-bond donors (Lipinski definition) is 1. The number of aliphatic carboxylic acids is 1. The molecule has 0 saturated carbocycles. The summed E-state index contributed by atoms with van der Waals surface area (Å²) in [4.78, 5) is 11.1. The number of carboxylic acid groups (broad SMARTS) is 1. The standard InChI is InChI=1S/C23H21NO6S/c1-27-11-14-4-3-5-15(6-14)19-8-17(24-30-19)12-29-21-10-22-18(9-20(21)28-2)16(13-31-22)7-23(25)26/h3-6,8-10,13H,7,11-12H2,1-2H3,(H,25,26). The summed E-state index contributed by atoms with van der Waals surface area (Å²) in [5.41, 5.74) is 3.36. The van der Waals surface area contributed by atoms with Crippen LogP contribution in [0.5, 0.6) is 11.5 Å². The lowest BCUT2D eigenvalue weighted by Gasteiger charge is -2.10. The molecule has 7 nitrogen and oxygen atoms in total. The van der Waals surface area contributed by atoms with Crippen molar-refractivity contribution in [3.8, 4) is 22.8 Å². The molecule has 0 bridgehead atoms. The number of hydrogen-bond acceptors (Lipinski definition) is 7. The summed E-state index contributed by atoms with van der Waals surface area (Å²) in [6.45, 7) is 0.730. The fourth-order valence-corrected chi connectivity index (χ4v) is 4.28. The van der Waals surface area contributed by atoms with Crippen LogP contribution in [0, 0.1) is 0 Å². The predicted octanol–water partition coefficient (Wildman–Crippen LogP) is 4.92. The zero-order valence-electron chi connectivity index (χ0n) is 17.1. The summed E-state index contributed by atoms with van der Waals surface area (Å²) in [6, 6.07) is 13.4. The number of methoxy groups -OCH3 is 2. The Morgan fingerprint density at radius 1 is 1.13 bits per heavy atom. The summed E-state index contributed by atoms with van der Waals surface area (Å²) in [5, 5.41) is 15.9. The van der Waals surface area contributed by atoms with Crippen molar-refractivity contribution in [1.29, 1.82) is 0 Å². The highest BCUT2D eigenvalue weighted by molar-refractivity contribution is 7.17. The van der Waals surface area contributed by atoms with Crippen molar-refractivity contribution in [3.63, 3.8) is 0 Å². The molecular weight excluding hydrogens is 418 g/mol. The van der Waals surface area contributed by atoms with E-state index in [1.54, 1.807) is 14.2 Å². The van der Waals surface area contributed by atoms with Gasteiger partial charge in [0.2, 0.25) is 0 Å². The number of benzene rings is 2. The molecule has 31 heavy (non-hydrogen) atoms. The van der Waals surface area contributed by atoms with Gasteiger partial charge in [0, 0.05) is 34.9 Å². The van der Waals surface area contributed by atoms with Gasteiger partial charge >= 0.3 is 5.97 Å². The van der Waals surface area contributed by atoms with Crippen LogP contribution in [0.25, 0.3) is 21.4 Å². The fourth-order valence-electron chi connectivity index (χ4n) is 3.31. The van der Waals surface area contributed by atoms with E-state index in [4.69, 9.17) is 23.8 Å². The van der Waals surface area contributed by atoms with Crippen LogP contribution in [0.4, 0.5) is 0 Å². The molecule has 0 aliphatic heterocycles. The maximum absolute atomic E-state index is 11.1. The Kier molecular flexibility index (Phi) is 6.20. The Morgan fingerprint density at radius 2 is 2.00 bits per heavy atom. The molecule has 160 valence electrons. The third kappa shape index (κ3) is 4.70. The van der Waals surface area contributed by atoms with E-state index >= 15 is 0 Å². The van der Waals surface area contributed by atoms with Gasteiger partial charge in [-0.05, 0) is 28.6 Å². The van der Waals surface area contributed by atoms with Crippen molar-refractivity contribution >= 4 is 27.4 Å². The third-order valence-electron chi connectivity index (χ3n) is 4.74. The molecule has 0 amide bonds. The highest BCUT2D eigenvalue weighted by atomic mass is 32.1. The molecule has 8 heteroatoms. The van der Waals surface area contributed by atoms with Gasteiger partial charge in [0.1, 0.15) is 12.3 Å². The summed E-state index contributed by atoms with van der Waals surface area (Å²) < 4.78 is 23.0. The summed E-state index contributed by atoms with van der Waals surface area (Å²) in [6.07, 6.45) is -0.0311. The number of aromatic nitrogens is 1. The second kappa shape index (κ2) is 9.20. The average molecular weight is 439 g/mol. The smallest absolute Gasteiger partial charge is 0.307 e. The van der Waals surface area contributed by atoms with Crippen molar-refractivity contribution in [2.45, 2.75) is 19.6 Å². The molecule has 1 N–H and O–H groups in total. The minimum Gasteiger partial charge on any atom is -0.493 e. The first-order valence-electron chi connectivity index (χ1n) is 9.54. The molecule has 2 heterocycles. The van der Waals surface area contributed by atoms with Crippen LogP contribution in [-0.2, 0) is 29.2 Å². The van der Waals surface area contributed by atoms with Crippen LogP contribution in [0.3, 0.4) is 0 Å². The SMILES string of the molecule is COCc1cccc(-c2cc(COc3cc4scc(CC(=O)O)c4cc3OC)no2)c1. The number of nitrogens with zero attached hydrogens (tertiary/aromatic N) is 1. The molecule has 2 aromatic heterocycles. The Labute approximate surface area is 182 Å². The molecule has 2 aromatic carbocycles. The quantitative estimate of drug-likeness (QED) is 0.396. The lowest BCUT2D eigenvalue weighted by atomic mass is 10.1. The minimum atomic E-state index is -0.867. The van der Waals surface area contributed by atoms with Gasteiger partial charge in [0.05, 0.1) is 20.1 Å². The van der Waals surface area contributed by atoms with E-state index in [2.05, 4.69) is 5.16 Å². The zero-order chi connectivity index (χ0) is 21.8. The maximum atomic E-state index is 11.1. The number of thiophene rings is 1. The van der Waals surface area contributed by atoms with Crippen LogP contribution in [0.2, 0.25) is 0 Å². The lowest BCUT2D eigenvalue weighted by molar-refractivity contribution is -0.136. The van der Waals surface area contributed by atoms with Crippen LogP contribution < -0.4 is 9.47 Å². The van der Waals surface area contributed by atoms with Crippen molar-refractivity contribution in [3.05, 3.63) is 64.7 Å². The van der Waals surface area contributed by atoms with Gasteiger partial charge in [-0.1, -0.05) is 23.4 Å². The van der Waals surface area contributed by atoms with Gasteiger partial charge in [-0.2, -0.15) is 0 Å². The summed E-state index contributed by atoms with van der Waals surface area (Å²) in [7, 11) is 3.21. The van der Waals surface area contributed by atoms with Crippen LogP contribution in [0.1, 0.15) is 16.8 Å². The van der Waals surface area contributed by atoms with Crippen LogP contribution in [0.15, 0.2) is 52.4 Å². The van der Waals surface area contributed by atoms with E-state index in [0.717, 1.165) is 26.8 Å². The zero-order valence-corrected chi connectivity index (χ0v) is 17.9. The van der Waals surface area contributed by atoms with Gasteiger partial charge < -0.3 is 23.8 Å². The van der Waals surface area contributed by atoms with E-state index in [1.165, 1.54) is 11.3 Å². The van der Waals surface area contributed by atoms with E-state index in [1.807, 2.05) is 47.8 Å². The Morgan fingerprint density at radius 3 is 2.77 bits per heavy atom. The Bertz CT molecular complexity index is 1210. The number of carbonyl (C=O) groups is 1.